The molecule has 0 heterocycles. The van der Waals surface area contributed by atoms with E-state index in [0.717, 1.165) is 6.42 Å². The third-order valence-corrected chi connectivity index (χ3v) is 3.47. The van der Waals surface area contributed by atoms with Crippen LogP contribution < -0.4 is 5.32 Å². The van der Waals surface area contributed by atoms with Crippen molar-refractivity contribution in [1.82, 2.24) is 5.32 Å². The van der Waals surface area contributed by atoms with Crippen molar-refractivity contribution >= 4 is 5.91 Å². The van der Waals surface area contributed by atoms with E-state index >= 15 is 0 Å². The second-order valence-corrected chi connectivity index (χ2v) is 4.46. The lowest BCUT2D eigenvalue weighted by atomic mass is 9.76. The molecule has 0 spiro atoms. The van der Waals surface area contributed by atoms with Crippen molar-refractivity contribution in [3.8, 4) is 0 Å². The zero-order valence-corrected chi connectivity index (χ0v) is 9.02. The Balaban J connectivity index is 2.67. The maximum Gasteiger partial charge on any atom is 0.223 e. The van der Waals surface area contributed by atoms with Crippen LogP contribution in [0.2, 0.25) is 0 Å². The minimum atomic E-state index is 0.244. The fourth-order valence-electron chi connectivity index (χ4n) is 2.72. The minimum absolute atomic E-state index is 0.244. The van der Waals surface area contributed by atoms with Crippen LogP contribution in [0.5, 0.6) is 0 Å². The number of amides is 1. The van der Waals surface area contributed by atoms with Gasteiger partial charge in [-0.2, -0.15) is 0 Å². The molecule has 1 fully saturated rings. The van der Waals surface area contributed by atoms with Crippen molar-refractivity contribution in [2.75, 3.05) is 7.05 Å². The van der Waals surface area contributed by atoms with E-state index in [-0.39, 0.29) is 17.2 Å². The Labute approximate surface area is 81.1 Å². The third-order valence-electron chi connectivity index (χ3n) is 3.47. The standard InChI is InChI=1S/C11H21NO/c1-4-7-11(2)8-5-6-9(11)10(13)12-3/h9H,4-8H2,1-3H3,(H,12,13)/t9-,11?/m1/s1. The fraction of sp³-hybridized carbons (Fsp3) is 0.909. The summed E-state index contributed by atoms with van der Waals surface area (Å²) in [5.74, 6) is 0.505. The summed E-state index contributed by atoms with van der Waals surface area (Å²) in [6.07, 6.45) is 5.89. The van der Waals surface area contributed by atoms with E-state index in [9.17, 15) is 4.79 Å². The Hall–Kier alpha value is -0.530. The molecule has 1 unspecified atom stereocenters. The van der Waals surface area contributed by atoms with Gasteiger partial charge in [-0.25, -0.2) is 0 Å². The predicted octanol–water partition coefficient (Wildman–Crippen LogP) is 2.34. The molecule has 13 heavy (non-hydrogen) atoms. The van der Waals surface area contributed by atoms with Crippen molar-refractivity contribution < 1.29 is 4.79 Å². The van der Waals surface area contributed by atoms with Gasteiger partial charge in [-0.05, 0) is 24.7 Å². The molecule has 0 aliphatic heterocycles. The monoisotopic (exact) mass is 183 g/mol. The van der Waals surface area contributed by atoms with E-state index in [1.807, 2.05) is 0 Å². The summed E-state index contributed by atoms with van der Waals surface area (Å²) in [6.45, 7) is 4.47. The zero-order chi connectivity index (χ0) is 9.90. The first kappa shape index (κ1) is 10.6. The van der Waals surface area contributed by atoms with Crippen molar-refractivity contribution in [3.05, 3.63) is 0 Å². The van der Waals surface area contributed by atoms with Gasteiger partial charge in [-0.3, -0.25) is 4.79 Å². The van der Waals surface area contributed by atoms with Crippen LogP contribution in [-0.2, 0) is 4.79 Å². The Bertz CT molecular complexity index is 191. The van der Waals surface area contributed by atoms with Crippen LogP contribution in [0.15, 0.2) is 0 Å². The summed E-state index contributed by atoms with van der Waals surface area (Å²) in [6, 6.07) is 0. The van der Waals surface area contributed by atoms with Crippen LogP contribution in [0.4, 0.5) is 0 Å². The predicted molar refractivity (Wildman–Crippen MR) is 54.4 cm³/mol. The average molecular weight is 183 g/mol. The highest BCUT2D eigenvalue weighted by atomic mass is 16.1. The van der Waals surface area contributed by atoms with E-state index in [1.165, 1.54) is 25.7 Å². The zero-order valence-electron chi connectivity index (χ0n) is 9.02. The molecular weight excluding hydrogens is 162 g/mol. The van der Waals surface area contributed by atoms with Crippen molar-refractivity contribution in [3.63, 3.8) is 0 Å². The second-order valence-electron chi connectivity index (χ2n) is 4.46. The quantitative estimate of drug-likeness (QED) is 0.715. The van der Waals surface area contributed by atoms with Crippen LogP contribution in [0.3, 0.4) is 0 Å². The number of carbonyl (C=O) groups excluding carboxylic acids is 1. The van der Waals surface area contributed by atoms with Crippen molar-refractivity contribution in [1.29, 1.82) is 0 Å². The van der Waals surface area contributed by atoms with Gasteiger partial charge in [-0.15, -0.1) is 0 Å². The number of hydrogen-bond donors (Lipinski definition) is 1. The molecule has 0 bridgehead atoms. The highest BCUT2D eigenvalue weighted by Gasteiger charge is 2.41. The van der Waals surface area contributed by atoms with Gasteiger partial charge in [0.15, 0.2) is 0 Å². The Kier molecular flexibility index (Phi) is 3.34. The first-order chi connectivity index (χ1) is 6.14. The minimum Gasteiger partial charge on any atom is -0.359 e. The summed E-state index contributed by atoms with van der Waals surface area (Å²) < 4.78 is 0. The first-order valence-corrected chi connectivity index (χ1v) is 5.35. The van der Waals surface area contributed by atoms with Gasteiger partial charge in [0.2, 0.25) is 5.91 Å². The summed E-state index contributed by atoms with van der Waals surface area (Å²) in [4.78, 5) is 11.6. The van der Waals surface area contributed by atoms with Gasteiger partial charge in [0, 0.05) is 13.0 Å². The first-order valence-electron chi connectivity index (χ1n) is 5.35. The van der Waals surface area contributed by atoms with Gasteiger partial charge in [0.25, 0.3) is 0 Å². The smallest absolute Gasteiger partial charge is 0.223 e. The number of carbonyl (C=O) groups is 1. The molecule has 1 N–H and O–H groups in total. The van der Waals surface area contributed by atoms with Crippen LogP contribution in [0, 0.1) is 11.3 Å². The number of rotatable bonds is 3. The number of hydrogen-bond acceptors (Lipinski definition) is 1. The van der Waals surface area contributed by atoms with E-state index in [1.54, 1.807) is 7.05 Å². The summed E-state index contributed by atoms with van der Waals surface area (Å²) in [5.41, 5.74) is 0.273. The highest BCUT2D eigenvalue weighted by molar-refractivity contribution is 5.79. The van der Waals surface area contributed by atoms with Crippen LogP contribution in [-0.4, -0.2) is 13.0 Å². The lowest BCUT2D eigenvalue weighted by molar-refractivity contribution is -0.127. The highest BCUT2D eigenvalue weighted by Crippen LogP contribution is 2.46. The van der Waals surface area contributed by atoms with Gasteiger partial charge in [0.05, 0.1) is 0 Å². The molecule has 0 aromatic heterocycles. The molecule has 2 heteroatoms. The number of nitrogens with one attached hydrogen (secondary N) is 1. The van der Waals surface area contributed by atoms with Gasteiger partial charge < -0.3 is 5.32 Å². The van der Waals surface area contributed by atoms with E-state index in [2.05, 4.69) is 19.2 Å². The largest absolute Gasteiger partial charge is 0.359 e. The Morgan fingerprint density at radius 2 is 2.31 bits per heavy atom. The molecule has 2 atom stereocenters. The normalized spacial score (nSPS) is 33.3. The fourth-order valence-corrected chi connectivity index (χ4v) is 2.72. The van der Waals surface area contributed by atoms with Gasteiger partial charge >= 0.3 is 0 Å². The lowest BCUT2D eigenvalue weighted by Crippen LogP contribution is -2.35. The SMILES string of the molecule is CCCC1(C)CCC[C@@H]1C(=O)NC. The molecule has 2 nitrogen and oxygen atoms in total. The molecule has 1 amide bonds. The molecule has 1 aliphatic rings. The van der Waals surface area contributed by atoms with Crippen molar-refractivity contribution in [2.45, 2.75) is 46.0 Å². The molecular formula is C11H21NO. The third kappa shape index (κ3) is 2.04. The van der Waals surface area contributed by atoms with Crippen molar-refractivity contribution in [2.24, 2.45) is 11.3 Å². The molecule has 0 aromatic rings. The second kappa shape index (κ2) is 4.12. The summed E-state index contributed by atoms with van der Waals surface area (Å²) in [5, 5.41) is 2.78. The Morgan fingerprint density at radius 1 is 1.62 bits per heavy atom. The average Bonchev–Trinajstić information content (AvgIpc) is 2.47. The van der Waals surface area contributed by atoms with Gasteiger partial charge in [-0.1, -0.05) is 26.7 Å². The maximum absolute atomic E-state index is 11.6. The molecule has 1 rings (SSSR count). The van der Waals surface area contributed by atoms with Gasteiger partial charge in [0.1, 0.15) is 0 Å². The molecule has 0 saturated heterocycles. The summed E-state index contributed by atoms with van der Waals surface area (Å²) >= 11 is 0. The molecule has 1 saturated carbocycles. The van der Waals surface area contributed by atoms with E-state index < -0.39 is 0 Å². The molecule has 0 radical (unpaired) electrons. The molecule has 0 aromatic carbocycles. The van der Waals surface area contributed by atoms with E-state index in [4.69, 9.17) is 0 Å². The van der Waals surface area contributed by atoms with E-state index in [0.29, 0.717) is 0 Å². The van der Waals surface area contributed by atoms with Crippen LogP contribution in [0.1, 0.15) is 46.0 Å². The molecule has 1 aliphatic carbocycles. The maximum atomic E-state index is 11.6. The molecule has 76 valence electrons. The van der Waals surface area contributed by atoms with Crippen LogP contribution in [0.25, 0.3) is 0 Å². The lowest BCUT2D eigenvalue weighted by Gasteiger charge is -2.30. The Morgan fingerprint density at radius 3 is 2.85 bits per heavy atom. The topological polar surface area (TPSA) is 29.1 Å². The summed E-state index contributed by atoms with van der Waals surface area (Å²) in [7, 11) is 1.74. The van der Waals surface area contributed by atoms with Crippen LogP contribution >= 0.6 is 0 Å².